The van der Waals surface area contributed by atoms with Gasteiger partial charge in [-0.1, -0.05) is 61.5 Å². The van der Waals surface area contributed by atoms with Crippen LogP contribution in [-0.4, -0.2) is 245 Å². The third-order valence-corrected chi connectivity index (χ3v) is 18.9. The van der Waals surface area contributed by atoms with Gasteiger partial charge in [0.05, 0.1) is 57.0 Å². The first-order valence-electron chi connectivity index (χ1n) is 33.6. The number of carbonyl (C=O) groups excluding carboxylic acids is 14. The minimum Gasteiger partial charge on any atom is -0.469 e. The van der Waals surface area contributed by atoms with Crippen molar-refractivity contribution in [1.29, 1.82) is 0 Å². The highest BCUT2D eigenvalue weighted by atomic mass is 16.6. The van der Waals surface area contributed by atoms with Gasteiger partial charge in [0, 0.05) is 45.8 Å². The third kappa shape index (κ3) is 16.6. The number of hydrogen-bond acceptors (Lipinski definition) is 22. The molecule has 6 N–H and O–H groups in total. The van der Waals surface area contributed by atoms with E-state index in [2.05, 4.69) is 21.3 Å². The van der Waals surface area contributed by atoms with E-state index < -0.39 is 203 Å². The smallest absolute Gasteiger partial charge is 0.329 e. The van der Waals surface area contributed by atoms with E-state index in [1.165, 1.54) is 63.9 Å². The molecule has 0 spiro atoms. The second-order valence-corrected chi connectivity index (χ2v) is 27.3. The number of aromatic nitrogens is 1. The number of anilines is 1. The molecule has 1 aliphatic carbocycles. The second-order valence-electron chi connectivity index (χ2n) is 27.3. The van der Waals surface area contributed by atoms with Crippen LogP contribution in [-0.2, 0) is 76.5 Å². The van der Waals surface area contributed by atoms with Gasteiger partial charge in [-0.15, -0.1) is 0 Å². The molecular formula is C68H94N12O20. The maximum atomic E-state index is 15.3. The van der Waals surface area contributed by atoms with Crippen molar-refractivity contribution in [3.8, 4) is 11.5 Å². The minimum absolute atomic E-state index is 0.0589. The summed E-state index contributed by atoms with van der Waals surface area (Å²) in [7, 11) is 4.95. The van der Waals surface area contributed by atoms with Gasteiger partial charge in [0.1, 0.15) is 71.8 Å². The maximum absolute atomic E-state index is 15.3. The quantitative estimate of drug-likeness (QED) is 0.0638. The number of nitrogens with zero attached hydrogens (tertiary/aromatic N) is 7. The topological polar surface area (TPSA) is 413 Å². The van der Waals surface area contributed by atoms with Crippen molar-refractivity contribution >= 4 is 99.7 Å². The van der Waals surface area contributed by atoms with Crippen molar-refractivity contribution in [3.63, 3.8) is 0 Å². The maximum Gasteiger partial charge on any atom is 0.329 e. The lowest BCUT2D eigenvalue weighted by Crippen LogP contribution is -2.61. The number of benzene rings is 2. The van der Waals surface area contributed by atoms with Crippen LogP contribution < -0.4 is 32.4 Å². The Labute approximate surface area is 579 Å². The zero-order valence-electron chi connectivity index (χ0n) is 59.6. The molecule has 32 heteroatoms. The van der Waals surface area contributed by atoms with Gasteiger partial charge in [0.2, 0.25) is 52.7 Å². The number of likely N-dealkylation sites (N-methyl/N-ethyl adjacent to an activating group) is 2. The van der Waals surface area contributed by atoms with Crippen LogP contribution in [0.3, 0.4) is 0 Å². The van der Waals surface area contributed by atoms with Crippen LogP contribution in [0.15, 0.2) is 21.3 Å². The predicted octanol–water partition coefficient (Wildman–Crippen LogP) is 0.592. The van der Waals surface area contributed by atoms with Crippen molar-refractivity contribution in [2.24, 2.45) is 23.7 Å². The molecule has 0 unspecified atom stereocenters. The number of nitrogens with two attached hydrogens (primary N) is 1. The first-order chi connectivity index (χ1) is 47.0. The molecule has 10 amide bonds. The normalized spacial score (nSPS) is 24.6. The molecule has 5 heterocycles. The van der Waals surface area contributed by atoms with Gasteiger partial charge in [0.25, 0.3) is 11.8 Å². The summed E-state index contributed by atoms with van der Waals surface area (Å²) in [5.41, 5.74) is 3.26. The number of cyclic esters (lactones) is 2. The van der Waals surface area contributed by atoms with Gasteiger partial charge < -0.3 is 79.8 Å². The molecule has 546 valence electrons. The van der Waals surface area contributed by atoms with Crippen molar-refractivity contribution in [3.05, 3.63) is 44.6 Å². The Bertz CT molecular complexity index is 3760. The summed E-state index contributed by atoms with van der Waals surface area (Å²) in [4.78, 5) is 227. The predicted molar refractivity (Wildman–Crippen MR) is 357 cm³/mol. The zero-order valence-corrected chi connectivity index (χ0v) is 59.6. The summed E-state index contributed by atoms with van der Waals surface area (Å²) in [6.07, 6.45) is -2.81. The molecule has 32 nitrogen and oxygen atoms in total. The first kappa shape index (κ1) is 77.6. The minimum atomic E-state index is -1.95. The Balaban J connectivity index is 1.31. The summed E-state index contributed by atoms with van der Waals surface area (Å²) in [6.45, 7) is 16.8. The number of fused-ring (bicyclic) bond motifs is 4. The molecule has 0 radical (unpaired) electrons. The molecule has 10 atom stereocenters. The molecule has 0 aromatic heterocycles. The number of ether oxygens (including phenoxy) is 4. The molecule has 0 saturated carbocycles. The van der Waals surface area contributed by atoms with Gasteiger partial charge in [-0.05, 0) is 88.7 Å². The van der Waals surface area contributed by atoms with Crippen molar-refractivity contribution in [1.82, 2.24) is 55.7 Å². The number of carbonyl (C=O) groups is 14. The fraction of sp³-hybridized carbons (Fsp3) is 0.618. The van der Waals surface area contributed by atoms with E-state index >= 15 is 19.2 Å². The average Bonchev–Trinajstić information content (AvgIpc) is 0.872. The lowest BCUT2D eigenvalue weighted by atomic mass is 9.98. The summed E-state index contributed by atoms with van der Waals surface area (Å²) < 4.78 is 28.0. The second kappa shape index (κ2) is 32.5. The Hall–Kier alpha value is -9.78. The number of rotatable bonds is 14. The van der Waals surface area contributed by atoms with Gasteiger partial charge in [-0.3, -0.25) is 62.3 Å². The van der Waals surface area contributed by atoms with Crippen LogP contribution in [0.2, 0.25) is 0 Å². The van der Waals surface area contributed by atoms with Crippen LogP contribution in [0.4, 0.5) is 5.69 Å². The summed E-state index contributed by atoms with van der Waals surface area (Å²) in [5.74, 6) is -15.1. The van der Waals surface area contributed by atoms with Crippen LogP contribution >= 0.6 is 0 Å². The van der Waals surface area contributed by atoms with E-state index in [1.54, 1.807) is 62.3 Å². The molecule has 4 fully saturated rings. The van der Waals surface area contributed by atoms with Crippen molar-refractivity contribution in [2.45, 2.75) is 182 Å². The number of methoxy groups -OCH3 is 2. The molecule has 4 saturated heterocycles. The number of hydrogen-bond donors (Lipinski definition) is 5. The Morgan fingerprint density at radius 3 is 1.44 bits per heavy atom. The average molecular weight is 1400 g/mol. The highest BCUT2D eigenvalue weighted by Crippen LogP contribution is 2.35. The van der Waals surface area contributed by atoms with Gasteiger partial charge in [-0.25, -0.2) is 14.6 Å². The fourth-order valence-corrected chi connectivity index (χ4v) is 13.1. The third-order valence-electron chi connectivity index (χ3n) is 18.9. The number of nitrogen functional groups attached to an aromatic ring is 1. The van der Waals surface area contributed by atoms with E-state index in [-0.39, 0.29) is 79.8 Å². The van der Waals surface area contributed by atoms with E-state index in [0.717, 1.165) is 26.7 Å². The van der Waals surface area contributed by atoms with Crippen LogP contribution in [0, 0.1) is 37.5 Å². The van der Waals surface area contributed by atoms with E-state index in [1.807, 2.05) is 0 Å². The summed E-state index contributed by atoms with van der Waals surface area (Å²) in [6, 6.07) is -8.82. The molecular weight excluding hydrogens is 1300 g/mol. The molecule has 100 heavy (non-hydrogen) atoms. The van der Waals surface area contributed by atoms with Crippen LogP contribution in [0.25, 0.3) is 22.6 Å². The lowest BCUT2D eigenvalue weighted by Gasteiger charge is -2.36. The van der Waals surface area contributed by atoms with Gasteiger partial charge in [-0.2, -0.15) is 0 Å². The molecule has 5 aliphatic heterocycles. The van der Waals surface area contributed by atoms with E-state index in [4.69, 9.17) is 34.1 Å². The molecule has 1 aromatic rings. The molecule has 0 bridgehead atoms. The highest BCUT2D eigenvalue weighted by Gasteiger charge is 2.47. The Kier molecular flexibility index (Phi) is 25.2. The molecule has 6 aliphatic rings. The summed E-state index contributed by atoms with van der Waals surface area (Å²) >= 11 is 0. The Morgan fingerprint density at radius 1 is 0.620 bits per heavy atom. The van der Waals surface area contributed by atoms with Crippen LogP contribution in [0.1, 0.15) is 140 Å². The lowest BCUT2D eigenvalue weighted by molar-refractivity contribution is -0.163. The number of esters is 4. The highest BCUT2D eigenvalue weighted by molar-refractivity contribution is 6.10. The monoisotopic (exact) mass is 1400 g/mol. The van der Waals surface area contributed by atoms with Crippen LogP contribution in [0.5, 0.6) is 0 Å². The number of amides is 10. The number of aryl methyl sites for hydroxylation is 1. The van der Waals surface area contributed by atoms with E-state index in [9.17, 15) is 52.7 Å². The fourth-order valence-electron chi connectivity index (χ4n) is 13.1. The zero-order chi connectivity index (χ0) is 74.4. The van der Waals surface area contributed by atoms with Crippen molar-refractivity contribution in [2.75, 3.05) is 73.3 Å². The number of nitrogens with one attached hydrogen (secondary N) is 4. The summed E-state index contributed by atoms with van der Waals surface area (Å²) in [5, 5.41) is 10.6. The molecule has 1 aromatic carbocycles. The standard InChI is InChI=1S/C68H94N12O20/c1-31(2)48-65(92)79-25-17-19-40(79)63(90)77(27-23-44(83)96-15)29-42(81)75(13)54(33(5)6)67(94)98-37(11)50(61(88)71-48)73-59(86)39-22-21-35(9)57-52(39)70-53-46(47(69)56(85)36(10)58(53)100-57)60(87)74-51-38(12)99-68(95)55(34(7)8)76(14)43(82)30-78(28-24-45(84)97-16)64(91)41-20-18-26-80(41)66(93)49(32(3)4)72-62(51)89/h21-22,31-34,37-38,40-41,48-51,54-55H,17-20,23-30,69H2,1-16H3,(H,71,88)(H,72,89)(H,73,86)(H,74,87)/t37-,38-,40+,41+,48-,49-,50+,51+,54+,55+/m1/s1. The van der Waals surface area contributed by atoms with Gasteiger partial charge >= 0.3 is 23.9 Å². The molecule has 7 rings (SSSR count). The van der Waals surface area contributed by atoms with E-state index in [0.29, 0.717) is 18.4 Å². The SMILES string of the molecule is COC(=O)CCN1CC(=O)N(C)[C@@H](C(C)C)C(=O)O[C@H](C)[C@H](NC(=O)c2c3nc4c(C(=O)N[C@@H]5C(=O)N[C@H](C(C)C)C(=O)N6CCC[C@H]6C(=O)N(CCC(=O)OC)CC(=O)N(C)[C@@H](C(C)C)C(=O)O[C@@H]5C)ccc(C)c4oc-3c(C)c(=O)c2N)C(=O)N[C@H](C(C)C)C(=O)N2CCC[C@H]2C1=O. The first-order valence-corrected chi connectivity index (χ1v) is 33.6. The van der Waals surface area contributed by atoms with Gasteiger partial charge in [0.15, 0.2) is 11.3 Å². The van der Waals surface area contributed by atoms with Crippen molar-refractivity contribution < 1.29 is 90.5 Å². The largest absolute Gasteiger partial charge is 0.469 e. The Morgan fingerprint density at radius 2 is 1.04 bits per heavy atom.